The van der Waals surface area contributed by atoms with E-state index in [1.54, 1.807) is 11.3 Å². The van der Waals surface area contributed by atoms with Gasteiger partial charge in [0.25, 0.3) is 0 Å². The van der Waals surface area contributed by atoms with Crippen LogP contribution in [0.1, 0.15) is 16.7 Å². The number of hydrogen-bond acceptors (Lipinski definition) is 3. The summed E-state index contributed by atoms with van der Waals surface area (Å²) < 4.78 is 0. The van der Waals surface area contributed by atoms with Crippen LogP contribution >= 0.6 is 11.3 Å². The Bertz CT molecular complexity index is 451. The van der Waals surface area contributed by atoms with Crippen LogP contribution in [0.2, 0.25) is 0 Å². The lowest BCUT2D eigenvalue weighted by Gasteiger charge is -2.07. The van der Waals surface area contributed by atoms with E-state index in [0.29, 0.717) is 12.3 Å². The molecule has 0 radical (unpaired) electrons. The van der Waals surface area contributed by atoms with E-state index in [9.17, 15) is 5.11 Å². The number of hydrogen-bond donors (Lipinski definition) is 2. The standard InChI is InChI=1S/C13H15NOS/c1-10-3-2-4-12(13(10)15)8-14-7-11-5-6-16-9-11/h2-6,9,14-15H,7-8H2,1H3. The summed E-state index contributed by atoms with van der Waals surface area (Å²) in [4.78, 5) is 0. The third-order valence-corrected chi connectivity index (χ3v) is 3.28. The van der Waals surface area contributed by atoms with Gasteiger partial charge in [-0.1, -0.05) is 18.2 Å². The Morgan fingerprint density at radius 3 is 2.88 bits per heavy atom. The summed E-state index contributed by atoms with van der Waals surface area (Å²) in [6.07, 6.45) is 0. The highest BCUT2D eigenvalue weighted by molar-refractivity contribution is 7.07. The Kier molecular flexibility index (Phi) is 3.59. The lowest BCUT2D eigenvalue weighted by Crippen LogP contribution is -2.12. The highest BCUT2D eigenvalue weighted by atomic mass is 32.1. The largest absolute Gasteiger partial charge is 0.507 e. The second kappa shape index (κ2) is 5.14. The predicted molar refractivity (Wildman–Crippen MR) is 67.7 cm³/mol. The van der Waals surface area contributed by atoms with Crippen LogP contribution in [0.25, 0.3) is 0 Å². The lowest BCUT2D eigenvalue weighted by atomic mass is 10.1. The second-order valence-corrected chi connectivity index (χ2v) is 4.60. The molecule has 3 heteroatoms. The third kappa shape index (κ3) is 2.62. The van der Waals surface area contributed by atoms with Gasteiger partial charge in [0, 0.05) is 18.7 Å². The topological polar surface area (TPSA) is 32.3 Å². The molecule has 2 nitrogen and oxygen atoms in total. The van der Waals surface area contributed by atoms with E-state index in [2.05, 4.69) is 22.1 Å². The molecule has 0 aliphatic rings. The van der Waals surface area contributed by atoms with E-state index >= 15 is 0 Å². The van der Waals surface area contributed by atoms with Crippen LogP contribution in [0.3, 0.4) is 0 Å². The van der Waals surface area contributed by atoms with Gasteiger partial charge in [0.05, 0.1) is 0 Å². The van der Waals surface area contributed by atoms with E-state index < -0.39 is 0 Å². The number of phenolic OH excluding ortho intramolecular Hbond substituents is 1. The zero-order valence-electron chi connectivity index (χ0n) is 9.23. The maximum absolute atomic E-state index is 9.82. The average Bonchev–Trinajstić information content (AvgIpc) is 2.77. The van der Waals surface area contributed by atoms with Crippen molar-refractivity contribution >= 4 is 11.3 Å². The Balaban J connectivity index is 1.92. The number of thiophene rings is 1. The maximum Gasteiger partial charge on any atom is 0.122 e. The summed E-state index contributed by atoms with van der Waals surface area (Å²) in [5.74, 6) is 0.403. The van der Waals surface area contributed by atoms with Gasteiger partial charge in [-0.05, 0) is 34.9 Å². The number of aromatic hydroxyl groups is 1. The number of benzene rings is 1. The molecule has 0 amide bonds. The maximum atomic E-state index is 9.82. The van der Waals surface area contributed by atoms with Crippen molar-refractivity contribution in [2.75, 3.05) is 0 Å². The van der Waals surface area contributed by atoms with Crippen molar-refractivity contribution in [2.24, 2.45) is 0 Å². The highest BCUT2D eigenvalue weighted by Crippen LogP contribution is 2.21. The molecule has 1 aromatic carbocycles. The zero-order chi connectivity index (χ0) is 11.4. The number of aryl methyl sites for hydroxylation is 1. The fraction of sp³-hybridized carbons (Fsp3) is 0.231. The van der Waals surface area contributed by atoms with Gasteiger partial charge >= 0.3 is 0 Å². The average molecular weight is 233 g/mol. The Hall–Kier alpha value is -1.32. The number of nitrogens with one attached hydrogen (secondary N) is 1. The van der Waals surface area contributed by atoms with Gasteiger partial charge < -0.3 is 10.4 Å². The molecule has 0 bridgehead atoms. The summed E-state index contributed by atoms with van der Waals surface area (Å²) in [6, 6.07) is 7.94. The first-order valence-corrected chi connectivity index (χ1v) is 6.21. The molecule has 0 aliphatic heterocycles. The van der Waals surface area contributed by atoms with Crippen LogP contribution in [0.15, 0.2) is 35.0 Å². The van der Waals surface area contributed by atoms with Crippen molar-refractivity contribution in [3.63, 3.8) is 0 Å². The van der Waals surface area contributed by atoms with Crippen molar-refractivity contribution in [1.82, 2.24) is 5.32 Å². The quantitative estimate of drug-likeness (QED) is 0.850. The van der Waals surface area contributed by atoms with Crippen molar-refractivity contribution in [3.05, 3.63) is 51.7 Å². The molecule has 0 saturated carbocycles. The molecule has 1 heterocycles. The summed E-state index contributed by atoms with van der Waals surface area (Å²) in [6.45, 7) is 3.46. The molecule has 1 aromatic heterocycles. The van der Waals surface area contributed by atoms with Crippen molar-refractivity contribution < 1.29 is 5.11 Å². The molecule has 2 aromatic rings. The Morgan fingerprint density at radius 2 is 2.12 bits per heavy atom. The fourth-order valence-electron chi connectivity index (χ4n) is 1.60. The molecule has 0 atom stereocenters. The first-order chi connectivity index (χ1) is 7.77. The minimum absolute atomic E-state index is 0.403. The Morgan fingerprint density at radius 1 is 1.25 bits per heavy atom. The summed E-state index contributed by atoms with van der Waals surface area (Å²) in [5, 5.41) is 17.3. The van der Waals surface area contributed by atoms with Crippen molar-refractivity contribution in [2.45, 2.75) is 20.0 Å². The molecular weight excluding hydrogens is 218 g/mol. The lowest BCUT2D eigenvalue weighted by molar-refractivity contribution is 0.460. The van der Waals surface area contributed by atoms with Gasteiger partial charge in [-0.15, -0.1) is 0 Å². The second-order valence-electron chi connectivity index (χ2n) is 3.82. The molecule has 0 aliphatic carbocycles. The van der Waals surface area contributed by atoms with Crippen LogP contribution < -0.4 is 5.32 Å². The van der Waals surface area contributed by atoms with Gasteiger partial charge in [-0.25, -0.2) is 0 Å². The first-order valence-electron chi connectivity index (χ1n) is 5.26. The normalized spacial score (nSPS) is 10.6. The van der Waals surface area contributed by atoms with E-state index in [0.717, 1.165) is 17.7 Å². The fourth-order valence-corrected chi connectivity index (χ4v) is 2.27. The van der Waals surface area contributed by atoms with E-state index in [1.807, 2.05) is 25.1 Å². The predicted octanol–water partition coefficient (Wildman–Crippen LogP) is 3.05. The molecule has 0 saturated heterocycles. The molecule has 0 spiro atoms. The van der Waals surface area contributed by atoms with Crippen molar-refractivity contribution in [3.8, 4) is 5.75 Å². The van der Waals surface area contributed by atoms with Crippen LogP contribution in [-0.2, 0) is 13.1 Å². The highest BCUT2D eigenvalue weighted by Gasteiger charge is 2.02. The third-order valence-electron chi connectivity index (χ3n) is 2.55. The minimum atomic E-state index is 0.403. The number of rotatable bonds is 4. The van der Waals surface area contributed by atoms with Gasteiger partial charge in [-0.2, -0.15) is 11.3 Å². The number of para-hydroxylation sites is 1. The molecule has 2 N–H and O–H groups in total. The van der Waals surface area contributed by atoms with Gasteiger partial charge in [0.1, 0.15) is 5.75 Å². The van der Waals surface area contributed by atoms with Crippen LogP contribution in [0, 0.1) is 6.92 Å². The van der Waals surface area contributed by atoms with Crippen molar-refractivity contribution in [1.29, 1.82) is 0 Å². The molecule has 16 heavy (non-hydrogen) atoms. The smallest absolute Gasteiger partial charge is 0.122 e. The van der Waals surface area contributed by atoms with Crippen LogP contribution in [0.4, 0.5) is 0 Å². The SMILES string of the molecule is Cc1cccc(CNCc2ccsc2)c1O. The van der Waals surface area contributed by atoms with Gasteiger partial charge in [0.15, 0.2) is 0 Å². The minimum Gasteiger partial charge on any atom is -0.507 e. The number of phenols is 1. The Labute approximate surface area is 99.6 Å². The van der Waals surface area contributed by atoms with Crippen LogP contribution in [0.5, 0.6) is 5.75 Å². The first kappa shape index (κ1) is 11.2. The summed E-state index contributed by atoms with van der Waals surface area (Å²) >= 11 is 1.70. The van der Waals surface area contributed by atoms with E-state index in [-0.39, 0.29) is 0 Å². The summed E-state index contributed by atoms with van der Waals surface area (Å²) in [5.41, 5.74) is 3.17. The zero-order valence-corrected chi connectivity index (χ0v) is 10.1. The van der Waals surface area contributed by atoms with E-state index in [1.165, 1.54) is 5.56 Å². The van der Waals surface area contributed by atoms with Crippen LogP contribution in [-0.4, -0.2) is 5.11 Å². The molecular formula is C13H15NOS. The molecule has 2 rings (SSSR count). The molecule has 0 fully saturated rings. The monoisotopic (exact) mass is 233 g/mol. The van der Waals surface area contributed by atoms with Gasteiger partial charge in [-0.3, -0.25) is 0 Å². The van der Waals surface area contributed by atoms with E-state index in [4.69, 9.17) is 0 Å². The summed E-state index contributed by atoms with van der Waals surface area (Å²) in [7, 11) is 0. The van der Waals surface area contributed by atoms with Gasteiger partial charge in [0.2, 0.25) is 0 Å². The molecule has 84 valence electrons. The molecule has 0 unspecified atom stereocenters.